The number of aryl methyl sites for hydroxylation is 1. The number of imide groups is 2. The summed E-state index contributed by atoms with van der Waals surface area (Å²) in [4.78, 5) is 38.5. The molecule has 1 heterocycles. The highest BCUT2D eigenvalue weighted by atomic mass is 35.5. The number of carbonyl (C=O) groups is 3. The van der Waals surface area contributed by atoms with Crippen molar-refractivity contribution in [2.75, 3.05) is 4.90 Å². The maximum Gasteiger partial charge on any atom is 0.339 e. The minimum absolute atomic E-state index is 0.0844. The number of rotatable bonds is 5. The zero-order chi connectivity index (χ0) is 26.2. The Morgan fingerprint density at radius 3 is 2.11 bits per heavy atom. The Morgan fingerprint density at radius 2 is 1.50 bits per heavy atom. The van der Waals surface area contributed by atoms with Crippen LogP contribution < -0.4 is 14.4 Å². The first kappa shape index (κ1) is 25.7. The summed E-state index contributed by atoms with van der Waals surface area (Å²) in [7, 11) is -4.24. The number of barbiturate groups is 1. The standard InChI is InChI=1S/C24H15Cl3N2O6S/c1-13-6-8-15(9-7-13)36(33,34)35-21-18(26)11-14(12-19(21)27)10-16-22(30)28-24(32)29(23(16)31)20-5-3-2-4-17(20)25/h2-12H,1H3,(H,28,30,32)/b16-10+. The summed E-state index contributed by atoms with van der Waals surface area (Å²) in [6, 6.07) is 13.7. The first-order valence-electron chi connectivity index (χ1n) is 10.1. The van der Waals surface area contributed by atoms with E-state index in [0.29, 0.717) is 0 Å². The number of anilines is 1. The minimum atomic E-state index is -4.24. The predicted molar refractivity (Wildman–Crippen MR) is 136 cm³/mol. The average molecular weight is 566 g/mol. The summed E-state index contributed by atoms with van der Waals surface area (Å²) in [5.41, 5.74) is 0.722. The number of amides is 4. The average Bonchev–Trinajstić information content (AvgIpc) is 2.80. The Kier molecular flexibility index (Phi) is 7.10. The molecule has 1 aliphatic heterocycles. The second-order valence-corrected chi connectivity index (χ2v) is 10.3. The molecule has 0 unspecified atom stereocenters. The van der Waals surface area contributed by atoms with Gasteiger partial charge in [0.1, 0.15) is 10.5 Å². The normalized spacial score (nSPS) is 15.3. The summed E-state index contributed by atoms with van der Waals surface area (Å²) in [6.45, 7) is 1.80. The smallest absolute Gasteiger partial charge is 0.339 e. The van der Waals surface area contributed by atoms with Gasteiger partial charge in [-0.05, 0) is 55.0 Å². The fourth-order valence-corrected chi connectivity index (χ4v) is 5.14. The second kappa shape index (κ2) is 9.94. The van der Waals surface area contributed by atoms with E-state index in [1.54, 1.807) is 31.2 Å². The Balaban J connectivity index is 1.68. The molecule has 12 heteroatoms. The van der Waals surface area contributed by atoms with Crippen LogP contribution in [0.3, 0.4) is 0 Å². The summed E-state index contributed by atoms with van der Waals surface area (Å²) in [5, 5.41) is 1.83. The number of para-hydroxylation sites is 1. The van der Waals surface area contributed by atoms with Gasteiger partial charge in [0.05, 0.1) is 20.8 Å². The van der Waals surface area contributed by atoms with Crippen molar-refractivity contribution in [1.82, 2.24) is 5.32 Å². The highest BCUT2D eigenvalue weighted by Gasteiger charge is 2.37. The number of hydrogen-bond donors (Lipinski definition) is 1. The van der Waals surface area contributed by atoms with E-state index in [0.717, 1.165) is 16.5 Å². The Morgan fingerprint density at radius 1 is 0.889 bits per heavy atom. The maximum atomic E-state index is 13.1. The molecule has 1 fully saturated rings. The van der Waals surface area contributed by atoms with Gasteiger partial charge in [-0.1, -0.05) is 64.6 Å². The Hall–Kier alpha value is -3.37. The topological polar surface area (TPSA) is 110 Å². The molecule has 0 saturated carbocycles. The third-order valence-electron chi connectivity index (χ3n) is 5.03. The molecule has 1 N–H and O–H groups in total. The lowest BCUT2D eigenvalue weighted by Crippen LogP contribution is -2.54. The monoisotopic (exact) mass is 564 g/mol. The molecule has 0 spiro atoms. The van der Waals surface area contributed by atoms with E-state index in [2.05, 4.69) is 5.32 Å². The van der Waals surface area contributed by atoms with Crippen molar-refractivity contribution in [2.24, 2.45) is 0 Å². The molecule has 0 atom stereocenters. The van der Waals surface area contributed by atoms with E-state index in [9.17, 15) is 22.8 Å². The van der Waals surface area contributed by atoms with Crippen molar-refractivity contribution < 1.29 is 27.0 Å². The molecule has 3 aromatic rings. The van der Waals surface area contributed by atoms with Crippen LogP contribution in [0.1, 0.15) is 11.1 Å². The number of halogens is 3. The zero-order valence-electron chi connectivity index (χ0n) is 18.3. The van der Waals surface area contributed by atoms with Crippen molar-refractivity contribution in [3.63, 3.8) is 0 Å². The van der Waals surface area contributed by atoms with Gasteiger partial charge in [0.2, 0.25) is 0 Å². The quantitative estimate of drug-likeness (QED) is 0.252. The molecule has 1 saturated heterocycles. The van der Waals surface area contributed by atoms with Crippen molar-refractivity contribution >= 4 is 74.5 Å². The lowest BCUT2D eigenvalue weighted by atomic mass is 10.1. The first-order valence-corrected chi connectivity index (χ1v) is 12.7. The molecule has 184 valence electrons. The van der Waals surface area contributed by atoms with Crippen LogP contribution >= 0.6 is 34.8 Å². The summed E-state index contributed by atoms with van der Waals surface area (Å²) >= 11 is 18.6. The molecular weight excluding hydrogens is 551 g/mol. The van der Waals surface area contributed by atoms with Crippen molar-refractivity contribution in [3.8, 4) is 5.75 Å². The number of nitrogens with zero attached hydrogens (tertiary/aromatic N) is 1. The lowest BCUT2D eigenvalue weighted by Gasteiger charge is -2.27. The number of carbonyl (C=O) groups excluding carboxylic acids is 3. The molecule has 4 amide bonds. The predicted octanol–water partition coefficient (Wildman–Crippen LogP) is 5.39. The molecule has 3 aromatic carbocycles. The summed E-state index contributed by atoms with van der Waals surface area (Å²) in [5.74, 6) is -2.19. The molecule has 36 heavy (non-hydrogen) atoms. The highest BCUT2D eigenvalue weighted by Crippen LogP contribution is 2.37. The summed E-state index contributed by atoms with van der Waals surface area (Å²) < 4.78 is 30.4. The number of urea groups is 1. The van der Waals surface area contributed by atoms with E-state index >= 15 is 0 Å². The third kappa shape index (κ3) is 5.10. The van der Waals surface area contributed by atoms with Crippen LogP contribution in [0.4, 0.5) is 10.5 Å². The van der Waals surface area contributed by atoms with Crippen LogP contribution in [0.2, 0.25) is 15.1 Å². The minimum Gasteiger partial charge on any atom is -0.376 e. The van der Waals surface area contributed by atoms with Gasteiger partial charge in [-0.3, -0.25) is 14.9 Å². The van der Waals surface area contributed by atoms with Gasteiger partial charge < -0.3 is 4.18 Å². The van der Waals surface area contributed by atoms with Crippen LogP contribution in [0.5, 0.6) is 5.75 Å². The lowest BCUT2D eigenvalue weighted by molar-refractivity contribution is -0.122. The molecule has 8 nitrogen and oxygen atoms in total. The SMILES string of the molecule is Cc1ccc(S(=O)(=O)Oc2c(Cl)cc(/C=C3\C(=O)NC(=O)N(c4ccccc4Cl)C3=O)cc2Cl)cc1. The van der Waals surface area contributed by atoms with Crippen molar-refractivity contribution in [1.29, 1.82) is 0 Å². The molecular formula is C24H15Cl3N2O6S. The van der Waals surface area contributed by atoms with Crippen LogP contribution in [-0.2, 0) is 19.7 Å². The molecule has 0 aromatic heterocycles. The largest absolute Gasteiger partial charge is 0.376 e. The first-order chi connectivity index (χ1) is 17.0. The van der Waals surface area contributed by atoms with E-state index in [-0.39, 0.29) is 37.0 Å². The molecule has 0 radical (unpaired) electrons. The van der Waals surface area contributed by atoms with E-state index in [4.69, 9.17) is 39.0 Å². The van der Waals surface area contributed by atoms with Gasteiger partial charge >= 0.3 is 16.1 Å². The molecule has 0 bridgehead atoms. The van der Waals surface area contributed by atoms with Crippen molar-refractivity contribution in [3.05, 3.63) is 92.4 Å². The van der Waals surface area contributed by atoms with Gasteiger partial charge in [-0.15, -0.1) is 0 Å². The molecule has 0 aliphatic carbocycles. The molecule has 4 rings (SSSR count). The van der Waals surface area contributed by atoms with Crippen LogP contribution in [0, 0.1) is 6.92 Å². The number of benzene rings is 3. The van der Waals surface area contributed by atoms with Crippen LogP contribution in [-0.4, -0.2) is 26.3 Å². The van der Waals surface area contributed by atoms with Gasteiger partial charge in [0.25, 0.3) is 11.8 Å². The Bertz CT molecular complexity index is 1530. The summed E-state index contributed by atoms with van der Waals surface area (Å²) in [6.07, 6.45) is 1.16. The van der Waals surface area contributed by atoms with E-state index in [1.807, 2.05) is 0 Å². The van der Waals surface area contributed by atoms with Crippen LogP contribution in [0.15, 0.2) is 71.1 Å². The highest BCUT2D eigenvalue weighted by molar-refractivity contribution is 7.87. The maximum absolute atomic E-state index is 13.1. The third-order valence-corrected chi connectivity index (χ3v) is 7.15. The number of hydrogen-bond acceptors (Lipinski definition) is 6. The zero-order valence-corrected chi connectivity index (χ0v) is 21.4. The van der Waals surface area contributed by atoms with Gasteiger partial charge in [-0.25, -0.2) is 9.69 Å². The van der Waals surface area contributed by atoms with E-state index in [1.165, 1.54) is 36.4 Å². The van der Waals surface area contributed by atoms with Crippen molar-refractivity contribution in [2.45, 2.75) is 11.8 Å². The molecule has 1 aliphatic rings. The fraction of sp³-hybridized carbons (Fsp3) is 0.0417. The second-order valence-electron chi connectivity index (χ2n) is 7.57. The fourth-order valence-electron chi connectivity index (χ4n) is 3.28. The number of nitrogens with one attached hydrogen (secondary N) is 1. The van der Waals surface area contributed by atoms with Crippen LogP contribution in [0.25, 0.3) is 6.08 Å². The van der Waals surface area contributed by atoms with Gasteiger partial charge in [-0.2, -0.15) is 8.42 Å². The Labute approximate surface area is 221 Å². The van der Waals surface area contributed by atoms with Gasteiger partial charge in [0.15, 0.2) is 5.75 Å². The van der Waals surface area contributed by atoms with E-state index < -0.39 is 33.5 Å². The van der Waals surface area contributed by atoms with Gasteiger partial charge in [0, 0.05) is 0 Å².